The van der Waals surface area contributed by atoms with Gasteiger partial charge in [0.05, 0.1) is 6.54 Å². The molecule has 8 nitrogen and oxygen atoms in total. The van der Waals surface area contributed by atoms with Crippen molar-refractivity contribution in [1.82, 2.24) is 10.2 Å². The van der Waals surface area contributed by atoms with Crippen molar-refractivity contribution >= 4 is 28.7 Å². The van der Waals surface area contributed by atoms with E-state index in [0.717, 1.165) is 37.9 Å². The van der Waals surface area contributed by atoms with Crippen molar-refractivity contribution in [3.05, 3.63) is 108 Å². The average Bonchev–Trinajstić information content (AvgIpc) is 2.96. The zero-order valence-corrected chi connectivity index (χ0v) is 21.5. The molecule has 0 heterocycles. The van der Waals surface area contributed by atoms with Gasteiger partial charge in [0.15, 0.2) is 6.10 Å². The summed E-state index contributed by atoms with van der Waals surface area (Å²) in [7, 11) is 1.36. The van der Waals surface area contributed by atoms with E-state index in [0.29, 0.717) is 0 Å². The molecule has 0 aliphatic rings. The molecule has 4 aromatic rings. The second-order valence-corrected chi connectivity index (χ2v) is 9.29. The van der Waals surface area contributed by atoms with Crippen LogP contribution in [-0.4, -0.2) is 58.8 Å². The molecule has 2 amide bonds. The highest BCUT2D eigenvalue weighted by molar-refractivity contribution is 5.87. The third-order valence-corrected chi connectivity index (χ3v) is 6.36. The molecule has 0 bridgehead atoms. The van der Waals surface area contributed by atoms with Gasteiger partial charge < -0.3 is 25.2 Å². The number of ether oxygens (including phenoxy) is 1. The minimum atomic E-state index is -1.57. The molecule has 0 saturated heterocycles. The minimum absolute atomic E-state index is 0.00656. The Kier molecular flexibility index (Phi) is 8.91. The molecule has 39 heavy (non-hydrogen) atoms. The van der Waals surface area contributed by atoms with Gasteiger partial charge in [-0.2, -0.15) is 0 Å². The Bertz CT molecular complexity index is 1440. The molecule has 4 aromatic carbocycles. The second-order valence-electron chi connectivity index (χ2n) is 9.29. The molecule has 0 radical (unpaired) electrons. The SMILES string of the molecule is CN(CC(O)C(=O)OCc1ccccc1)C(=O)N[C@@H](Cc1ccc(-c2ccc3ccccc3c2)cc1)C(=O)O. The number of urea groups is 1. The summed E-state index contributed by atoms with van der Waals surface area (Å²) in [5.41, 5.74) is 3.54. The first-order valence-electron chi connectivity index (χ1n) is 12.5. The minimum Gasteiger partial charge on any atom is -0.480 e. The van der Waals surface area contributed by atoms with Gasteiger partial charge in [-0.1, -0.05) is 91.0 Å². The van der Waals surface area contributed by atoms with E-state index < -0.39 is 30.1 Å². The smallest absolute Gasteiger partial charge is 0.337 e. The molecular weight excluding hydrogens is 496 g/mol. The van der Waals surface area contributed by atoms with Gasteiger partial charge in [0.25, 0.3) is 0 Å². The van der Waals surface area contributed by atoms with Crippen LogP contribution in [0.3, 0.4) is 0 Å². The van der Waals surface area contributed by atoms with E-state index >= 15 is 0 Å². The van der Waals surface area contributed by atoms with Crippen LogP contribution in [0.15, 0.2) is 97.1 Å². The Morgan fingerprint density at radius 2 is 1.46 bits per heavy atom. The van der Waals surface area contributed by atoms with Crippen molar-refractivity contribution < 1.29 is 29.3 Å². The third-order valence-electron chi connectivity index (χ3n) is 6.36. The number of esters is 1. The summed E-state index contributed by atoms with van der Waals surface area (Å²) >= 11 is 0. The van der Waals surface area contributed by atoms with Crippen LogP contribution in [0.2, 0.25) is 0 Å². The first-order valence-corrected chi connectivity index (χ1v) is 12.5. The molecule has 3 N–H and O–H groups in total. The molecule has 0 aliphatic heterocycles. The number of hydrogen-bond acceptors (Lipinski definition) is 5. The standard InChI is InChI=1S/C31H30N2O6/c1-33(19-28(34)30(37)39-20-22-7-3-2-4-8-22)31(38)32-27(29(35)36)17-21-11-13-24(14-12-21)26-16-15-23-9-5-6-10-25(23)18-26/h2-16,18,27-28,34H,17,19-20H2,1H3,(H,32,38)(H,35,36)/t27-,28?/m0/s1. The highest BCUT2D eigenvalue weighted by Crippen LogP contribution is 2.25. The number of carbonyl (C=O) groups is 3. The van der Waals surface area contributed by atoms with Gasteiger partial charge in [-0.05, 0) is 39.1 Å². The molecule has 0 aromatic heterocycles. The van der Waals surface area contributed by atoms with E-state index in [9.17, 15) is 24.6 Å². The van der Waals surface area contributed by atoms with Crippen molar-refractivity contribution in [2.24, 2.45) is 0 Å². The normalized spacial score (nSPS) is 12.4. The molecule has 0 saturated carbocycles. The number of aliphatic hydroxyl groups excluding tert-OH is 1. The molecule has 1 unspecified atom stereocenters. The second kappa shape index (κ2) is 12.7. The Morgan fingerprint density at radius 1 is 0.821 bits per heavy atom. The summed E-state index contributed by atoms with van der Waals surface area (Å²) in [6.45, 7) is -0.361. The number of carbonyl (C=O) groups excluding carboxylic acids is 2. The first-order chi connectivity index (χ1) is 18.8. The summed E-state index contributed by atoms with van der Waals surface area (Å²) in [4.78, 5) is 37.7. The van der Waals surface area contributed by atoms with E-state index in [1.165, 1.54) is 7.05 Å². The van der Waals surface area contributed by atoms with Gasteiger partial charge in [-0.3, -0.25) is 0 Å². The number of nitrogens with one attached hydrogen (secondary N) is 1. The van der Waals surface area contributed by atoms with Crippen molar-refractivity contribution in [1.29, 1.82) is 0 Å². The van der Waals surface area contributed by atoms with Gasteiger partial charge in [0, 0.05) is 13.5 Å². The van der Waals surface area contributed by atoms with Crippen LogP contribution < -0.4 is 5.32 Å². The number of likely N-dealkylation sites (N-methyl/N-ethyl adjacent to an activating group) is 1. The van der Waals surface area contributed by atoms with Crippen LogP contribution in [-0.2, 0) is 27.4 Å². The van der Waals surface area contributed by atoms with Crippen LogP contribution in [0.1, 0.15) is 11.1 Å². The summed E-state index contributed by atoms with van der Waals surface area (Å²) in [6, 6.07) is 28.9. The third kappa shape index (κ3) is 7.43. The Morgan fingerprint density at radius 3 is 2.15 bits per heavy atom. The van der Waals surface area contributed by atoms with Crippen LogP contribution in [0, 0.1) is 0 Å². The van der Waals surface area contributed by atoms with Gasteiger partial charge >= 0.3 is 18.0 Å². The lowest BCUT2D eigenvalue weighted by Gasteiger charge is -2.23. The van der Waals surface area contributed by atoms with Crippen molar-refractivity contribution in [2.45, 2.75) is 25.2 Å². The summed E-state index contributed by atoms with van der Waals surface area (Å²) < 4.78 is 5.09. The monoisotopic (exact) mass is 526 g/mol. The molecule has 0 fully saturated rings. The van der Waals surface area contributed by atoms with Crippen molar-refractivity contribution in [3.63, 3.8) is 0 Å². The Labute approximate surface area is 226 Å². The van der Waals surface area contributed by atoms with Gasteiger partial charge in [-0.25, -0.2) is 14.4 Å². The number of carboxylic acids is 1. The number of aliphatic carboxylic acids is 1. The fourth-order valence-electron chi connectivity index (χ4n) is 4.14. The van der Waals surface area contributed by atoms with Crippen molar-refractivity contribution in [3.8, 4) is 11.1 Å². The average molecular weight is 527 g/mol. The summed E-state index contributed by atoms with van der Waals surface area (Å²) in [5.74, 6) is -2.07. The zero-order chi connectivity index (χ0) is 27.8. The van der Waals surface area contributed by atoms with Crippen LogP contribution in [0.4, 0.5) is 4.79 Å². The highest BCUT2D eigenvalue weighted by atomic mass is 16.5. The maximum Gasteiger partial charge on any atom is 0.337 e. The van der Waals surface area contributed by atoms with E-state index in [4.69, 9.17) is 4.74 Å². The summed E-state index contributed by atoms with van der Waals surface area (Å²) in [6.07, 6.45) is -1.51. The zero-order valence-electron chi connectivity index (χ0n) is 21.5. The molecule has 4 rings (SSSR count). The van der Waals surface area contributed by atoms with Crippen LogP contribution >= 0.6 is 0 Å². The van der Waals surface area contributed by atoms with E-state index in [2.05, 4.69) is 29.6 Å². The lowest BCUT2D eigenvalue weighted by molar-refractivity contribution is -0.155. The lowest BCUT2D eigenvalue weighted by Crippen LogP contribution is -2.50. The quantitative estimate of drug-likeness (QED) is 0.266. The molecule has 2 atom stereocenters. The largest absolute Gasteiger partial charge is 0.480 e. The van der Waals surface area contributed by atoms with E-state index in [1.807, 2.05) is 48.5 Å². The number of rotatable bonds is 10. The number of benzene rings is 4. The fraction of sp³-hybridized carbons (Fsp3) is 0.194. The Hall–Kier alpha value is -4.69. The van der Waals surface area contributed by atoms with Crippen LogP contribution in [0.25, 0.3) is 21.9 Å². The van der Waals surface area contributed by atoms with E-state index in [1.54, 1.807) is 24.3 Å². The predicted molar refractivity (Wildman–Crippen MR) is 148 cm³/mol. The number of carboxylic acid groups (broad SMARTS) is 1. The first kappa shape index (κ1) is 27.3. The predicted octanol–water partition coefficient (Wildman–Crippen LogP) is 4.25. The Balaban J connectivity index is 1.31. The fourth-order valence-corrected chi connectivity index (χ4v) is 4.14. The number of nitrogens with zero attached hydrogens (tertiary/aromatic N) is 1. The lowest BCUT2D eigenvalue weighted by atomic mass is 9.98. The molecular formula is C31H30N2O6. The molecule has 0 spiro atoms. The maximum atomic E-state index is 12.6. The number of aliphatic hydroxyl groups is 1. The summed E-state index contributed by atoms with van der Waals surface area (Å²) in [5, 5.41) is 24.6. The van der Waals surface area contributed by atoms with E-state index in [-0.39, 0.29) is 19.6 Å². The maximum absolute atomic E-state index is 12.6. The number of hydrogen-bond donors (Lipinski definition) is 3. The van der Waals surface area contributed by atoms with Gasteiger partial charge in [0.2, 0.25) is 0 Å². The van der Waals surface area contributed by atoms with Crippen molar-refractivity contribution in [2.75, 3.05) is 13.6 Å². The number of amides is 2. The number of fused-ring (bicyclic) bond motifs is 1. The molecule has 0 aliphatic carbocycles. The van der Waals surface area contributed by atoms with Crippen LogP contribution in [0.5, 0.6) is 0 Å². The highest BCUT2D eigenvalue weighted by Gasteiger charge is 2.25. The molecule has 200 valence electrons. The molecule has 8 heteroatoms. The topological polar surface area (TPSA) is 116 Å². The van der Waals surface area contributed by atoms with Gasteiger partial charge in [0.1, 0.15) is 12.6 Å². The van der Waals surface area contributed by atoms with Gasteiger partial charge in [-0.15, -0.1) is 0 Å².